The van der Waals surface area contributed by atoms with Crippen molar-refractivity contribution in [3.05, 3.63) is 63.1 Å². The summed E-state index contributed by atoms with van der Waals surface area (Å²) in [4.78, 5) is 29.4. The zero-order valence-corrected chi connectivity index (χ0v) is 15.0. The number of fused-ring (bicyclic) bond motifs is 1. The molecule has 7 heteroatoms. The first-order chi connectivity index (χ1) is 12.5. The zero-order valence-electron chi connectivity index (χ0n) is 15.0. The lowest BCUT2D eigenvalue weighted by atomic mass is 9.82. The molecule has 1 aliphatic carbocycles. The number of hydrogen-bond donors (Lipinski definition) is 0. The van der Waals surface area contributed by atoms with Crippen molar-refractivity contribution in [3.8, 4) is 0 Å². The predicted molar refractivity (Wildman–Crippen MR) is 98.0 cm³/mol. The molecule has 2 heterocycles. The molecule has 0 N–H and O–H groups in total. The van der Waals surface area contributed by atoms with Crippen molar-refractivity contribution in [3.63, 3.8) is 0 Å². The number of nitrogens with zero attached hydrogens (tertiary/aromatic N) is 4. The minimum absolute atomic E-state index is 0.195. The topological polar surface area (TPSA) is 71.1 Å². The number of ether oxygens (including phenoxy) is 1. The van der Waals surface area contributed by atoms with Crippen LogP contribution in [0.15, 0.2) is 46.2 Å². The molecule has 2 aromatic heterocycles. The van der Waals surface area contributed by atoms with Gasteiger partial charge in [-0.3, -0.25) is 13.9 Å². The van der Waals surface area contributed by atoms with E-state index in [4.69, 9.17) is 4.74 Å². The lowest BCUT2D eigenvalue weighted by Gasteiger charge is -2.35. The Morgan fingerprint density at radius 2 is 1.88 bits per heavy atom. The van der Waals surface area contributed by atoms with E-state index in [0.717, 1.165) is 18.4 Å². The molecule has 1 aromatic carbocycles. The number of aryl methyl sites for hydroxylation is 2. The van der Waals surface area contributed by atoms with Crippen molar-refractivity contribution in [2.75, 3.05) is 0 Å². The molecule has 0 unspecified atom stereocenters. The summed E-state index contributed by atoms with van der Waals surface area (Å²) in [5, 5.41) is 0. The molecule has 26 heavy (non-hydrogen) atoms. The van der Waals surface area contributed by atoms with Crippen LogP contribution >= 0.6 is 0 Å². The maximum Gasteiger partial charge on any atom is 0.332 e. The van der Waals surface area contributed by atoms with Gasteiger partial charge < -0.3 is 9.30 Å². The fourth-order valence-corrected chi connectivity index (χ4v) is 3.56. The summed E-state index contributed by atoms with van der Waals surface area (Å²) in [6.07, 6.45) is 3.49. The molecule has 136 valence electrons. The van der Waals surface area contributed by atoms with E-state index >= 15 is 0 Å². The van der Waals surface area contributed by atoms with Crippen molar-refractivity contribution in [2.45, 2.75) is 32.1 Å². The Morgan fingerprint density at radius 1 is 1.15 bits per heavy atom. The molecule has 0 amide bonds. The van der Waals surface area contributed by atoms with Crippen LogP contribution in [0.5, 0.6) is 0 Å². The van der Waals surface area contributed by atoms with Crippen LogP contribution in [0.3, 0.4) is 0 Å². The van der Waals surface area contributed by atoms with Crippen molar-refractivity contribution >= 4 is 11.2 Å². The molecule has 3 aromatic rings. The van der Waals surface area contributed by atoms with Crippen molar-refractivity contribution < 1.29 is 4.74 Å². The van der Waals surface area contributed by atoms with Crippen molar-refractivity contribution in [1.29, 1.82) is 0 Å². The average Bonchev–Trinajstić information content (AvgIpc) is 3.00. The van der Waals surface area contributed by atoms with Gasteiger partial charge in [-0.1, -0.05) is 30.3 Å². The normalized spacial score (nSPS) is 19.6. The molecule has 0 radical (unpaired) electrons. The maximum atomic E-state index is 12.7. The average molecular weight is 354 g/mol. The van der Waals surface area contributed by atoms with Crippen LogP contribution in [-0.2, 0) is 32.0 Å². The van der Waals surface area contributed by atoms with Gasteiger partial charge in [-0.2, -0.15) is 0 Å². The monoisotopic (exact) mass is 354 g/mol. The van der Waals surface area contributed by atoms with Gasteiger partial charge >= 0.3 is 5.69 Å². The summed E-state index contributed by atoms with van der Waals surface area (Å²) >= 11 is 0. The van der Waals surface area contributed by atoms with Gasteiger partial charge in [0.2, 0.25) is 0 Å². The van der Waals surface area contributed by atoms with Gasteiger partial charge in [-0.25, -0.2) is 9.78 Å². The highest BCUT2D eigenvalue weighted by molar-refractivity contribution is 5.69. The van der Waals surface area contributed by atoms with Gasteiger partial charge in [0.25, 0.3) is 5.56 Å². The van der Waals surface area contributed by atoms with Crippen LogP contribution < -0.4 is 11.2 Å². The highest BCUT2D eigenvalue weighted by Gasteiger charge is 2.31. The number of rotatable bonds is 5. The smallest absolute Gasteiger partial charge is 0.332 e. The Morgan fingerprint density at radius 3 is 2.62 bits per heavy atom. The molecule has 0 atom stereocenters. The highest BCUT2D eigenvalue weighted by atomic mass is 16.5. The second-order valence-electron chi connectivity index (χ2n) is 7.04. The lowest BCUT2D eigenvalue weighted by Crippen LogP contribution is -2.44. The van der Waals surface area contributed by atoms with Gasteiger partial charge in [-0.05, 0) is 24.3 Å². The molecule has 0 spiro atoms. The van der Waals surface area contributed by atoms with Crippen LogP contribution in [-0.4, -0.2) is 24.8 Å². The maximum absolute atomic E-state index is 12.7. The largest absolute Gasteiger partial charge is 0.374 e. The summed E-state index contributed by atoms with van der Waals surface area (Å²) in [7, 11) is 3.42. The van der Waals surface area contributed by atoms with Gasteiger partial charge in [0.15, 0.2) is 11.2 Å². The van der Waals surface area contributed by atoms with E-state index < -0.39 is 0 Å². The highest BCUT2D eigenvalue weighted by Crippen LogP contribution is 2.31. The SMILES string of the molecule is Cn1cnc2c1c(=O)n(CC1CC(OCc3ccccc3)C1)c(=O)n2C. The second kappa shape index (κ2) is 6.57. The number of aromatic nitrogens is 4. The molecular formula is C19H22N4O3. The van der Waals surface area contributed by atoms with E-state index in [1.54, 1.807) is 25.0 Å². The molecule has 0 aliphatic heterocycles. The lowest BCUT2D eigenvalue weighted by molar-refractivity contribution is -0.0446. The Hall–Kier alpha value is -2.67. The van der Waals surface area contributed by atoms with Crippen molar-refractivity contribution in [2.24, 2.45) is 20.0 Å². The van der Waals surface area contributed by atoms with Crippen molar-refractivity contribution in [1.82, 2.24) is 18.7 Å². The van der Waals surface area contributed by atoms with E-state index in [-0.39, 0.29) is 23.3 Å². The van der Waals surface area contributed by atoms with Gasteiger partial charge in [0, 0.05) is 20.6 Å². The first-order valence-corrected chi connectivity index (χ1v) is 8.81. The fourth-order valence-electron chi connectivity index (χ4n) is 3.56. The third-order valence-electron chi connectivity index (χ3n) is 5.16. The third kappa shape index (κ3) is 2.88. The fraction of sp³-hybridized carbons (Fsp3) is 0.421. The van der Waals surface area contributed by atoms with Crippen LogP contribution in [0.1, 0.15) is 18.4 Å². The first-order valence-electron chi connectivity index (χ1n) is 8.81. The Bertz CT molecular complexity index is 1040. The summed E-state index contributed by atoms with van der Waals surface area (Å²) in [6.45, 7) is 1.03. The molecule has 4 rings (SSSR count). The van der Waals surface area contributed by atoms with Gasteiger partial charge in [0.05, 0.1) is 19.0 Å². The molecule has 1 aliphatic rings. The van der Waals surface area contributed by atoms with E-state index in [1.807, 2.05) is 30.3 Å². The first kappa shape index (κ1) is 16.8. The standard InChI is InChI=1S/C19H22N4O3/c1-21-12-20-17-16(21)18(24)23(19(25)22(17)2)10-14-8-15(9-14)26-11-13-6-4-3-5-7-13/h3-7,12,14-15H,8-11H2,1-2H3. The predicted octanol–water partition coefficient (Wildman–Crippen LogP) is 1.43. The Balaban J connectivity index is 1.44. The molecule has 1 fully saturated rings. The van der Waals surface area contributed by atoms with E-state index in [0.29, 0.717) is 24.3 Å². The van der Waals surface area contributed by atoms with Crippen LogP contribution in [0, 0.1) is 5.92 Å². The minimum Gasteiger partial charge on any atom is -0.374 e. The van der Waals surface area contributed by atoms with E-state index in [1.165, 1.54) is 9.13 Å². The second-order valence-corrected chi connectivity index (χ2v) is 7.04. The third-order valence-corrected chi connectivity index (χ3v) is 5.16. The van der Waals surface area contributed by atoms with Gasteiger partial charge in [0.1, 0.15) is 0 Å². The zero-order chi connectivity index (χ0) is 18.3. The summed E-state index contributed by atoms with van der Waals surface area (Å²) in [5.41, 5.74) is 1.47. The van der Waals surface area contributed by atoms with E-state index in [9.17, 15) is 9.59 Å². The number of benzene rings is 1. The summed E-state index contributed by atoms with van der Waals surface area (Å²) in [6, 6.07) is 10.1. The van der Waals surface area contributed by atoms with Crippen LogP contribution in [0.4, 0.5) is 0 Å². The van der Waals surface area contributed by atoms with Crippen LogP contribution in [0.25, 0.3) is 11.2 Å². The molecule has 0 bridgehead atoms. The minimum atomic E-state index is -0.310. The van der Waals surface area contributed by atoms with E-state index in [2.05, 4.69) is 4.98 Å². The van der Waals surface area contributed by atoms with Crippen LogP contribution in [0.2, 0.25) is 0 Å². The van der Waals surface area contributed by atoms with Gasteiger partial charge in [-0.15, -0.1) is 0 Å². The summed E-state index contributed by atoms with van der Waals surface area (Å²) < 4.78 is 10.4. The molecule has 0 saturated heterocycles. The number of imidazole rings is 1. The number of hydrogen-bond acceptors (Lipinski definition) is 4. The Kier molecular flexibility index (Phi) is 4.24. The summed E-state index contributed by atoms with van der Waals surface area (Å²) in [5.74, 6) is 0.284. The quantitative estimate of drug-likeness (QED) is 0.695. The molecule has 1 saturated carbocycles. The molecule has 7 nitrogen and oxygen atoms in total. The Labute approximate surface area is 150 Å². The molecular weight excluding hydrogens is 332 g/mol.